The molecule has 0 unspecified atom stereocenters. The number of hydrogen-bond donors (Lipinski definition) is 2. The molecular weight excluding hydrogens is 267 g/mol. The zero-order valence-electron chi connectivity index (χ0n) is 6.79. The predicted molar refractivity (Wildman–Crippen MR) is 55.6 cm³/mol. The largest absolute Gasteiger partial charge is 0.394 e. The molecule has 0 aliphatic heterocycles. The molecule has 1 heterocycles. The van der Waals surface area contributed by atoms with E-state index in [0.29, 0.717) is 5.69 Å². The van der Waals surface area contributed by atoms with E-state index in [4.69, 9.17) is 10.8 Å². The van der Waals surface area contributed by atoms with Crippen LogP contribution in [0.4, 0.5) is 0 Å². The third kappa shape index (κ3) is 2.15. The number of halogens is 1. The number of aromatic nitrogens is 1. The quantitative estimate of drug-likeness (QED) is 0.789. The van der Waals surface area contributed by atoms with Crippen molar-refractivity contribution in [3.8, 4) is 0 Å². The summed E-state index contributed by atoms with van der Waals surface area (Å²) in [4.78, 5) is 4.13. The first-order valence-corrected chi connectivity index (χ1v) is 4.66. The second-order valence-electron chi connectivity index (χ2n) is 2.94. The van der Waals surface area contributed by atoms with Crippen LogP contribution >= 0.6 is 22.6 Å². The van der Waals surface area contributed by atoms with Crippen LogP contribution in [0.25, 0.3) is 0 Å². The van der Waals surface area contributed by atoms with Gasteiger partial charge in [-0.25, -0.2) is 0 Å². The number of aliphatic hydroxyl groups excluding tert-OH is 1. The molecule has 0 spiro atoms. The second kappa shape index (κ2) is 3.68. The first kappa shape index (κ1) is 9.88. The number of aliphatic hydroxyl groups is 1. The molecule has 66 valence electrons. The van der Waals surface area contributed by atoms with Crippen molar-refractivity contribution in [3.05, 3.63) is 27.6 Å². The predicted octanol–water partition coefficient (Wildman–Crippen LogP) is 0.852. The lowest BCUT2D eigenvalue weighted by Crippen LogP contribution is -2.37. The Morgan fingerprint density at radius 2 is 2.33 bits per heavy atom. The fraction of sp³-hybridized carbons (Fsp3) is 0.375. The summed E-state index contributed by atoms with van der Waals surface area (Å²) in [6.45, 7) is 1.66. The minimum absolute atomic E-state index is 0.0966. The maximum absolute atomic E-state index is 8.95. The van der Waals surface area contributed by atoms with E-state index >= 15 is 0 Å². The summed E-state index contributed by atoms with van der Waals surface area (Å²) < 4.78 is 1.06. The normalized spacial score (nSPS) is 15.7. The summed E-state index contributed by atoms with van der Waals surface area (Å²) in [5, 5.41) is 8.95. The van der Waals surface area contributed by atoms with Crippen LogP contribution in [-0.4, -0.2) is 16.7 Å². The van der Waals surface area contributed by atoms with Gasteiger partial charge in [0, 0.05) is 9.77 Å². The van der Waals surface area contributed by atoms with Gasteiger partial charge in [-0.05, 0) is 41.6 Å². The van der Waals surface area contributed by atoms with Crippen molar-refractivity contribution < 1.29 is 5.11 Å². The Morgan fingerprint density at radius 3 is 2.75 bits per heavy atom. The van der Waals surface area contributed by atoms with Crippen LogP contribution in [0.1, 0.15) is 12.6 Å². The van der Waals surface area contributed by atoms with Crippen molar-refractivity contribution in [3.63, 3.8) is 0 Å². The lowest BCUT2D eigenvalue weighted by molar-refractivity contribution is 0.206. The molecule has 4 heteroatoms. The Bertz CT molecular complexity index is 258. The molecule has 0 amide bonds. The first-order valence-electron chi connectivity index (χ1n) is 3.58. The Balaban J connectivity index is 2.96. The molecule has 3 nitrogen and oxygen atoms in total. The van der Waals surface area contributed by atoms with Crippen LogP contribution in [0, 0.1) is 3.57 Å². The van der Waals surface area contributed by atoms with Crippen molar-refractivity contribution >= 4 is 22.6 Å². The van der Waals surface area contributed by atoms with Gasteiger partial charge in [0.1, 0.15) is 0 Å². The van der Waals surface area contributed by atoms with Gasteiger partial charge in [-0.15, -0.1) is 0 Å². The van der Waals surface area contributed by atoms with Gasteiger partial charge in [0.05, 0.1) is 17.8 Å². The Labute approximate surface area is 85.1 Å². The fourth-order valence-electron chi connectivity index (χ4n) is 0.795. The van der Waals surface area contributed by atoms with Crippen LogP contribution < -0.4 is 5.73 Å². The highest BCUT2D eigenvalue weighted by Gasteiger charge is 2.20. The molecule has 1 rings (SSSR count). The highest BCUT2D eigenvalue weighted by Crippen LogP contribution is 2.14. The van der Waals surface area contributed by atoms with Crippen LogP contribution in [0.3, 0.4) is 0 Å². The molecule has 0 bridgehead atoms. The molecule has 0 saturated heterocycles. The number of nitrogens with zero attached hydrogens (tertiary/aromatic N) is 1. The third-order valence-electron chi connectivity index (χ3n) is 1.64. The highest BCUT2D eigenvalue weighted by atomic mass is 127. The Morgan fingerprint density at radius 1 is 1.67 bits per heavy atom. The number of rotatable bonds is 2. The van der Waals surface area contributed by atoms with Gasteiger partial charge in [-0.1, -0.05) is 0 Å². The number of nitrogens with two attached hydrogens (primary N) is 1. The van der Waals surface area contributed by atoms with Crippen LogP contribution in [-0.2, 0) is 5.54 Å². The third-order valence-corrected chi connectivity index (χ3v) is 2.28. The Kier molecular flexibility index (Phi) is 3.03. The van der Waals surface area contributed by atoms with Gasteiger partial charge in [0.15, 0.2) is 0 Å². The van der Waals surface area contributed by atoms with Crippen LogP contribution in [0.2, 0.25) is 0 Å². The second-order valence-corrected chi connectivity index (χ2v) is 4.18. The van der Waals surface area contributed by atoms with Crippen molar-refractivity contribution in [1.82, 2.24) is 4.98 Å². The molecule has 1 aromatic heterocycles. The molecule has 0 aromatic carbocycles. The number of pyridine rings is 1. The zero-order chi connectivity index (χ0) is 9.19. The lowest BCUT2D eigenvalue weighted by Gasteiger charge is -2.20. The zero-order valence-corrected chi connectivity index (χ0v) is 8.95. The molecule has 3 N–H and O–H groups in total. The molecule has 0 fully saturated rings. The molecule has 1 aromatic rings. The highest BCUT2D eigenvalue weighted by molar-refractivity contribution is 14.1. The molecular formula is C8H11IN2O. The van der Waals surface area contributed by atoms with Crippen LogP contribution in [0.15, 0.2) is 18.3 Å². The van der Waals surface area contributed by atoms with E-state index in [1.165, 1.54) is 0 Å². The molecule has 0 aliphatic rings. The maximum Gasteiger partial charge on any atom is 0.0789 e. The summed E-state index contributed by atoms with van der Waals surface area (Å²) >= 11 is 2.17. The summed E-state index contributed by atoms with van der Waals surface area (Å²) in [5.41, 5.74) is 5.75. The van der Waals surface area contributed by atoms with Gasteiger partial charge < -0.3 is 10.8 Å². The molecule has 0 aliphatic carbocycles. The van der Waals surface area contributed by atoms with E-state index in [1.807, 2.05) is 12.1 Å². The average Bonchev–Trinajstić information content (AvgIpc) is 2.05. The van der Waals surface area contributed by atoms with E-state index < -0.39 is 5.54 Å². The molecule has 1 atom stereocenters. The minimum atomic E-state index is -0.732. The maximum atomic E-state index is 8.95. The van der Waals surface area contributed by atoms with Crippen LogP contribution in [0.5, 0.6) is 0 Å². The van der Waals surface area contributed by atoms with E-state index in [2.05, 4.69) is 27.6 Å². The van der Waals surface area contributed by atoms with Gasteiger partial charge in [-0.2, -0.15) is 0 Å². The summed E-state index contributed by atoms with van der Waals surface area (Å²) in [5.74, 6) is 0. The first-order chi connectivity index (χ1) is 5.56. The van der Waals surface area contributed by atoms with Gasteiger partial charge in [-0.3, -0.25) is 4.98 Å². The topological polar surface area (TPSA) is 59.1 Å². The van der Waals surface area contributed by atoms with E-state index in [0.717, 1.165) is 3.57 Å². The monoisotopic (exact) mass is 278 g/mol. The Hall–Kier alpha value is -0.200. The molecule has 12 heavy (non-hydrogen) atoms. The lowest BCUT2D eigenvalue weighted by atomic mass is 10.0. The average molecular weight is 278 g/mol. The standard InChI is InChI=1S/C8H11IN2O/c1-8(10,5-12)7-3-2-6(9)4-11-7/h2-4,12H,5,10H2,1H3/t8-/m0/s1. The van der Waals surface area contributed by atoms with Crippen molar-refractivity contribution in [2.75, 3.05) is 6.61 Å². The van der Waals surface area contributed by atoms with Crippen molar-refractivity contribution in [1.29, 1.82) is 0 Å². The summed E-state index contributed by atoms with van der Waals surface area (Å²) in [6, 6.07) is 3.75. The van der Waals surface area contributed by atoms with Gasteiger partial charge in [0.2, 0.25) is 0 Å². The van der Waals surface area contributed by atoms with Gasteiger partial charge >= 0.3 is 0 Å². The van der Waals surface area contributed by atoms with Gasteiger partial charge in [0.25, 0.3) is 0 Å². The van der Waals surface area contributed by atoms with E-state index in [1.54, 1.807) is 13.1 Å². The summed E-state index contributed by atoms with van der Waals surface area (Å²) in [7, 11) is 0. The minimum Gasteiger partial charge on any atom is -0.394 e. The van der Waals surface area contributed by atoms with E-state index in [-0.39, 0.29) is 6.61 Å². The van der Waals surface area contributed by atoms with Crippen molar-refractivity contribution in [2.45, 2.75) is 12.5 Å². The van der Waals surface area contributed by atoms with E-state index in [9.17, 15) is 0 Å². The summed E-state index contributed by atoms with van der Waals surface area (Å²) in [6.07, 6.45) is 1.73. The smallest absolute Gasteiger partial charge is 0.0789 e. The fourth-order valence-corrected chi connectivity index (χ4v) is 1.11. The van der Waals surface area contributed by atoms with Crippen molar-refractivity contribution in [2.24, 2.45) is 5.73 Å². The molecule has 0 radical (unpaired) electrons. The SMILES string of the molecule is C[C@](N)(CO)c1ccc(I)cn1. The molecule has 0 saturated carbocycles. The number of hydrogen-bond acceptors (Lipinski definition) is 3.